The third-order valence-electron chi connectivity index (χ3n) is 3.81. The van der Waals surface area contributed by atoms with E-state index in [-0.39, 0.29) is 5.78 Å². The summed E-state index contributed by atoms with van der Waals surface area (Å²) in [5.41, 5.74) is 3.91. The van der Waals surface area contributed by atoms with Crippen molar-refractivity contribution in [3.63, 3.8) is 0 Å². The molecular weight excluding hydrogens is 238 g/mol. The summed E-state index contributed by atoms with van der Waals surface area (Å²) in [5, 5.41) is 0. The average Bonchev–Trinajstić information content (AvgIpc) is 2.84. The number of hydrogen-bond donors (Lipinski definition) is 0. The highest BCUT2D eigenvalue weighted by molar-refractivity contribution is 6.01. The molecule has 1 aromatic heterocycles. The summed E-state index contributed by atoms with van der Waals surface area (Å²) in [4.78, 5) is 16.0. The van der Waals surface area contributed by atoms with E-state index >= 15 is 0 Å². The molecule has 3 rings (SSSR count). The van der Waals surface area contributed by atoms with Crippen LogP contribution in [-0.4, -0.2) is 16.4 Å². The Labute approximate surface area is 113 Å². The van der Waals surface area contributed by atoms with E-state index in [1.54, 1.807) is 12.4 Å². The van der Waals surface area contributed by atoms with Crippen LogP contribution in [0.2, 0.25) is 0 Å². The summed E-state index contributed by atoms with van der Waals surface area (Å²) >= 11 is 0. The highest BCUT2D eigenvalue weighted by atomic mass is 16.5. The molecule has 1 aliphatic heterocycles. The van der Waals surface area contributed by atoms with Gasteiger partial charge in [0.15, 0.2) is 5.78 Å². The number of allylic oxidation sites excluding steroid dienone is 2. The fourth-order valence-electron chi connectivity index (χ4n) is 2.82. The number of hydrogen-bond acceptors (Lipinski definition) is 3. The van der Waals surface area contributed by atoms with Crippen molar-refractivity contribution in [1.29, 1.82) is 0 Å². The first kappa shape index (κ1) is 12.2. The van der Waals surface area contributed by atoms with Crippen LogP contribution in [0.1, 0.15) is 39.2 Å². The second kappa shape index (κ2) is 4.05. The first-order valence-electron chi connectivity index (χ1n) is 6.63. The Bertz CT molecular complexity index is 623. The van der Waals surface area contributed by atoms with Gasteiger partial charge in [0.2, 0.25) is 0 Å². The number of ether oxygens (including phenoxy) is 1. The predicted molar refractivity (Wildman–Crippen MR) is 73.9 cm³/mol. The summed E-state index contributed by atoms with van der Waals surface area (Å²) < 4.78 is 6.02. The molecule has 0 saturated carbocycles. The van der Waals surface area contributed by atoms with Crippen molar-refractivity contribution >= 4 is 11.4 Å². The number of Topliss-reactive ketones (excluding diaryl/α,β-unsaturated/α-hetero) is 1. The number of nitrogens with zero attached hydrogens (tertiary/aromatic N) is 1. The van der Waals surface area contributed by atoms with Gasteiger partial charge in [-0.3, -0.25) is 9.78 Å². The first-order valence-corrected chi connectivity index (χ1v) is 6.63. The van der Waals surface area contributed by atoms with Crippen molar-refractivity contribution in [2.75, 3.05) is 0 Å². The Morgan fingerprint density at radius 1 is 1.47 bits per heavy atom. The van der Waals surface area contributed by atoms with Gasteiger partial charge < -0.3 is 4.74 Å². The molecule has 0 radical (unpaired) electrons. The van der Waals surface area contributed by atoms with Crippen molar-refractivity contribution in [1.82, 2.24) is 4.98 Å². The smallest absolute Gasteiger partial charge is 0.158 e. The minimum absolute atomic E-state index is 0.223. The zero-order valence-electron chi connectivity index (χ0n) is 11.5. The van der Waals surface area contributed by atoms with Crippen LogP contribution >= 0.6 is 0 Å². The predicted octanol–water partition coefficient (Wildman–Crippen LogP) is 3.32. The van der Waals surface area contributed by atoms with Crippen LogP contribution in [0.3, 0.4) is 0 Å². The minimum Gasteiger partial charge on any atom is -0.481 e. The Balaban J connectivity index is 2.10. The quantitative estimate of drug-likeness (QED) is 0.813. The molecule has 1 aliphatic carbocycles. The lowest BCUT2D eigenvalue weighted by molar-refractivity contribution is -0.115. The van der Waals surface area contributed by atoms with E-state index in [0.717, 1.165) is 22.5 Å². The number of ketones is 1. The zero-order valence-corrected chi connectivity index (χ0v) is 11.5. The van der Waals surface area contributed by atoms with Crippen LogP contribution in [0.15, 0.2) is 35.7 Å². The number of fused-ring (bicyclic) bond motifs is 2. The van der Waals surface area contributed by atoms with Crippen molar-refractivity contribution in [2.45, 2.75) is 39.2 Å². The summed E-state index contributed by atoms with van der Waals surface area (Å²) in [6.45, 7) is 5.97. The maximum Gasteiger partial charge on any atom is 0.158 e. The molecule has 0 spiro atoms. The van der Waals surface area contributed by atoms with Crippen molar-refractivity contribution in [2.24, 2.45) is 0 Å². The molecule has 1 aromatic rings. The molecule has 3 nitrogen and oxygen atoms in total. The Morgan fingerprint density at radius 2 is 2.26 bits per heavy atom. The Hall–Kier alpha value is -1.90. The van der Waals surface area contributed by atoms with E-state index in [1.807, 2.05) is 32.9 Å². The van der Waals surface area contributed by atoms with E-state index in [2.05, 4.69) is 4.98 Å². The summed E-state index contributed by atoms with van der Waals surface area (Å²) in [6, 6.07) is 1.97. The van der Waals surface area contributed by atoms with Crippen LogP contribution < -0.4 is 4.74 Å². The second-order valence-electron chi connectivity index (χ2n) is 5.50. The molecule has 0 saturated heterocycles. The normalized spacial score (nSPS) is 19.4. The molecule has 3 heteroatoms. The van der Waals surface area contributed by atoms with Gasteiger partial charge in [-0.05, 0) is 42.7 Å². The van der Waals surface area contributed by atoms with Crippen LogP contribution in [0.25, 0.3) is 5.57 Å². The molecular formula is C16H17NO2. The van der Waals surface area contributed by atoms with E-state index in [1.165, 1.54) is 5.57 Å². The molecule has 2 aliphatic rings. The summed E-state index contributed by atoms with van der Waals surface area (Å²) in [7, 11) is 0. The van der Waals surface area contributed by atoms with Gasteiger partial charge in [0.1, 0.15) is 11.4 Å². The maximum atomic E-state index is 11.9. The molecule has 0 aromatic carbocycles. The fourth-order valence-corrected chi connectivity index (χ4v) is 2.82. The third-order valence-corrected chi connectivity index (χ3v) is 3.81. The van der Waals surface area contributed by atoms with Crippen LogP contribution in [-0.2, 0) is 4.79 Å². The highest BCUT2D eigenvalue weighted by Gasteiger charge is 2.37. The number of aromatic nitrogens is 1. The van der Waals surface area contributed by atoms with Gasteiger partial charge in [-0.25, -0.2) is 0 Å². The van der Waals surface area contributed by atoms with Crippen LogP contribution in [0, 0.1) is 0 Å². The summed E-state index contributed by atoms with van der Waals surface area (Å²) in [6.07, 6.45) is 6.80. The molecule has 2 heterocycles. The lowest BCUT2D eigenvalue weighted by Gasteiger charge is -2.33. The largest absolute Gasteiger partial charge is 0.481 e. The number of pyridine rings is 1. The number of carbonyl (C=O) groups excluding carboxylic acids is 1. The van der Waals surface area contributed by atoms with Crippen molar-refractivity contribution in [3.8, 4) is 5.75 Å². The molecule has 0 bridgehead atoms. The zero-order chi connectivity index (χ0) is 13.6. The lowest BCUT2D eigenvalue weighted by Crippen LogP contribution is -2.33. The van der Waals surface area contributed by atoms with Gasteiger partial charge in [-0.2, -0.15) is 0 Å². The monoisotopic (exact) mass is 255 g/mol. The Morgan fingerprint density at radius 3 is 3.00 bits per heavy atom. The van der Waals surface area contributed by atoms with Gasteiger partial charge >= 0.3 is 0 Å². The van der Waals surface area contributed by atoms with Crippen LogP contribution in [0.5, 0.6) is 5.75 Å². The van der Waals surface area contributed by atoms with Gasteiger partial charge in [0.05, 0.1) is 6.20 Å². The van der Waals surface area contributed by atoms with Gasteiger partial charge in [0, 0.05) is 24.6 Å². The van der Waals surface area contributed by atoms with Crippen molar-refractivity contribution < 1.29 is 9.53 Å². The SMILES string of the molecule is CCC(=O)C1=CC2=C(C1)c1ccncc1OC2(C)C. The van der Waals surface area contributed by atoms with Crippen molar-refractivity contribution in [3.05, 3.63) is 41.2 Å². The van der Waals surface area contributed by atoms with E-state index in [0.29, 0.717) is 12.8 Å². The topological polar surface area (TPSA) is 39.2 Å². The number of rotatable bonds is 2. The minimum atomic E-state index is -0.402. The van der Waals surface area contributed by atoms with Crippen LogP contribution in [0.4, 0.5) is 0 Å². The molecule has 0 atom stereocenters. The van der Waals surface area contributed by atoms with Gasteiger partial charge in [-0.15, -0.1) is 0 Å². The van der Waals surface area contributed by atoms with Gasteiger partial charge in [-0.1, -0.05) is 6.92 Å². The first-order chi connectivity index (χ1) is 9.03. The average molecular weight is 255 g/mol. The Kier molecular flexibility index (Phi) is 2.59. The van der Waals surface area contributed by atoms with E-state index in [4.69, 9.17) is 4.74 Å². The molecule has 0 fully saturated rings. The highest BCUT2D eigenvalue weighted by Crippen LogP contribution is 2.47. The fraction of sp³-hybridized carbons (Fsp3) is 0.375. The summed E-state index contributed by atoms with van der Waals surface area (Å²) in [5.74, 6) is 1.03. The molecule has 19 heavy (non-hydrogen) atoms. The standard InChI is InChI=1S/C16H17NO2/c1-4-14(18)10-7-12-11-5-6-17-9-15(11)19-16(2,3)13(12)8-10/h5-6,8-9H,4,7H2,1-3H3. The van der Waals surface area contributed by atoms with Gasteiger partial charge in [0.25, 0.3) is 0 Å². The molecule has 0 amide bonds. The molecule has 0 unspecified atom stereocenters. The van der Waals surface area contributed by atoms with E-state index < -0.39 is 5.60 Å². The molecule has 98 valence electrons. The van der Waals surface area contributed by atoms with E-state index in [9.17, 15) is 4.79 Å². The third kappa shape index (κ3) is 1.81. The molecule has 0 N–H and O–H groups in total. The maximum absolute atomic E-state index is 11.9. The second-order valence-corrected chi connectivity index (χ2v) is 5.50. The number of carbonyl (C=O) groups is 1. The lowest BCUT2D eigenvalue weighted by atomic mass is 9.88.